The minimum absolute atomic E-state index is 0.140. The first-order valence-corrected chi connectivity index (χ1v) is 6.71. The smallest absolute Gasteiger partial charge is 0.265 e. The van der Waals surface area contributed by atoms with E-state index in [-0.39, 0.29) is 11.5 Å². The van der Waals surface area contributed by atoms with E-state index in [1.54, 1.807) is 43.3 Å². The molecule has 0 fully saturated rings. The molecule has 1 heterocycles. The maximum atomic E-state index is 12.6. The van der Waals surface area contributed by atoms with Gasteiger partial charge in [0.2, 0.25) is 0 Å². The highest BCUT2D eigenvalue weighted by atomic mass is 16.2. The van der Waals surface area contributed by atoms with Gasteiger partial charge < -0.3 is 0 Å². The van der Waals surface area contributed by atoms with Crippen LogP contribution in [0.3, 0.4) is 0 Å². The van der Waals surface area contributed by atoms with Gasteiger partial charge in [-0.25, -0.2) is 10.8 Å². The fraction of sp³-hybridized carbons (Fsp3) is 0.0625. The summed E-state index contributed by atoms with van der Waals surface area (Å²) in [5.74, 6) is 5.30. The lowest BCUT2D eigenvalue weighted by atomic mass is 10.2. The standard InChI is InChI=1S/C16H14N4O2/c1-10-18-14-5-3-2-4-13(14)16(22)20(10)12-8-6-11(7-9-12)15(21)19-17/h2-9H,17H2,1H3,(H,19,21). The monoisotopic (exact) mass is 294 g/mol. The molecule has 1 amide bonds. The van der Waals surface area contributed by atoms with Crippen molar-refractivity contribution in [3.63, 3.8) is 0 Å². The van der Waals surface area contributed by atoms with E-state index in [9.17, 15) is 9.59 Å². The van der Waals surface area contributed by atoms with Crippen molar-refractivity contribution < 1.29 is 4.79 Å². The summed E-state index contributed by atoms with van der Waals surface area (Å²) >= 11 is 0. The highest BCUT2D eigenvalue weighted by Crippen LogP contribution is 2.13. The molecule has 0 unspecified atom stereocenters. The molecule has 0 aliphatic heterocycles. The van der Waals surface area contributed by atoms with E-state index in [0.717, 1.165) is 0 Å². The van der Waals surface area contributed by atoms with Gasteiger partial charge in [0.1, 0.15) is 5.82 Å². The van der Waals surface area contributed by atoms with Crippen molar-refractivity contribution in [2.24, 2.45) is 5.84 Å². The van der Waals surface area contributed by atoms with E-state index >= 15 is 0 Å². The second-order valence-corrected chi connectivity index (χ2v) is 4.84. The summed E-state index contributed by atoms with van der Waals surface area (Å²) in [6, 6.07) is 13.8. The van der Waals surface area contributed by atoms with Gasteiger partial charge in [-0.3, -0.25) is 19.6 Å². The molecule has 0 bridgehead atoms. The van der Waals surface area contributed by atoms with Crippen molar-refractivity contribution in [2.45, 2.75) is 6.92 Å². The number of para-hydroxylation sites is 1. The summed E-state index contributed by atoms with van der Waals surface area (Å²) in [6.45, 7) is 1.77. The van der Waals surface area contributed by atoms with Crippen LogP contribution in [0.1, 0.15) is 16.2 Å². The second kappa shape index (κ2) is 5.42. The van der Waals surface area contributed by atoms with E-state index in [1.165, 1.54) is 4.57 Å². The zero-order chi connectivity index (χ0) is 15.7. The molecular formula is C16H14N4O2. The van der Waals surface area contributed by atoms with Gasteiger partial charge in [-0.1, -0.05) is 12.1 Å². The summed E-state index contributed by atoms with van der Waals surface area (Å²) in [6.07, 6.45) is 0. The van der Waals surface area contributed by atoms with Gasteiger partial charge in [0, 0.05) is 5.56 Å². The predicted octanol–water partition coefficient (Wildman–Crippen LogP) is 1.30. The van der Waals surface area contributed by atoms with Gasteiger partial charge in [0.05, 0.1) is 16.6 Å². The SMILES string of the molecule is Cc1nc2ccccc2c(=O)n1-c1ccc(C(=O)NN)cc1. The summed E-state index contributed by atoms with van der Waals surface area (Å²) in [4.78, 5) is 28.6. The van der Waals surface area contributed by atoms with Crippen LogP contribution < -0.4 is 16.8 Å². The maximum Gasteiger partial charge on any atom is 0.265 e. The molecule has 0 saturated heterocycles. The highest BCUT2D eigenvalue weighted by molar-refractivity contribution is 5.93. The van der Waals surface area contributed by atoms with Crippen LogP contribution in [-0.4, -0.2) is 15.5 Å². The average molecular weight is 294 g/mol. The number of carbonyl (C=O) groups is 1. The molecule has 0 radical (unpaired) electrons. The van der Waals surface area contributed by atoms with Crippen molar-refractivity contribution in [1.82, 2.24) is 15.0 Å². The summed E-state index contributed by atoms with van der Waals surface area (Å²) < 4.78 is 1.52. The normalized spacial score (nSPS) is 10.6. The van der Waals surface area contributed by atoms with Gasteiger partial charge in [-0.2, -0.15) is 0 Å². The topological polar surface area (TPSA) is 90.0 Å². The lowest BCUT2D eigenvalue weighted by Crippen LogP contribution is -2.30. The number of aryl methyl sites for hydroxylation is 1. The van der Waals surface area contributed by atoms with Crippen LogP contribution >= 0.6 is 0 Å². The maximum absolute atomic E-state index is 12.6. The molecule has 0 atom stereocenters. The molecule has 0 aliphatic carbocycles. The molecule has 3 aromatic rings. The predicted molar refractivity (Wildman–Crippen MR) is 83.7 cm³/mol. The minimum Gasteiger partial charge on any atom is -0.290 e. The molecule has 1 aromatic heterocycles. The van der Waals surface area contributed by atoms with E-state index < -0.39 is 0 Å². The van der Waals surface area contributed by atoms with Crippen molar-refractivity contribution in [1.29, 1.82) is 0 Å². The number of hydrazine groups is 1. The minimum atomic E-state index is -0.382. The molecule has 6 nitrogen and oxygen atoms in total. The lowest BCUT2D eigenvalue weighted by Gasteiger charge is -2.11. The quantitative estimate of drug-likeness (QED) is 0.423. The zero-order valence-corrected chi connectivity index (χ0v) is 11.9. The summed E-state index contributed by atoms with van der Waals surface area (Å²) in [5, 5.41) is 0.553. The zero-order valence-electron chi connectivity index (χ0n) is 11.9. The van der Waals surface area contributed by atoms with E-state index in [2.05, 4.69) is 10.4 Å². The molecule has 110 valence electrons. The molecule has 2 aromatic carbocycles. The Kier molecular flexibility index (Phi) is 3.44. The second-order valence-electron chi connectivity index (χ2n) is 4.84. The highest BCUT2D eigenvalue weighted by Gasteiger charge is 2.10. The number of nitrogens with one attached hydrogen (secondary N) is 1. The molecule has 0 saturated carbocycles. The van der Waals surface area contributed by atoms with Crippen LogP contribution in [0.15, 0.2) is 53.3 Å². The number of hydrogen-bond donors (Lipinski definition) is 2. The number of benzene rings is 2. The van der Waals surface area contributed by atoms with Gasteiger partial charge >= 0.3 is 0 Å². The number of amides is 1. The number of hydrogen-bond acceptors (Lipinski definition) is 4. The van der Waals surface area contributed by atoms with Crippen LogP contribution in [0.4, 0.5) is 0 Å². The number of fused-ring (bicyclic) bond motifs is 1. The molecule has 6 heteroatoms. The van der Waals surface area contributed by atoms with Crippen molar-refractivity contribution in [3.8, 4) is 5.69 Å². The first-order valence-electron chi connectivity index (χ1n) is 6.71. The summed E-state index contributed by atoms with van der Waals surface area (Å²) in [5.41, 5.74) is 3.66. The van der Waals surface area contributed by atoms with Crippen LogP contribution in [0, 0.1) is 6.92 Å². The number of nitrogens with two attached hydrogens (primary N) is 1. The van der Waals surface area contributed by atoms with E-state index in [0.29, 0.717) is 28.0 Å². The van der Waals surface area contributed by atoms with Crippen LogP contribution in [0.25, 0.3) is 16.6 Å². The number of rotatable bonds is 2. The molecule has 3 rings (SSSR count). The fourth-order valence-electron chi connectivity index (χ4n) is 2.39. The first-order chi connectivity index (χ1) is 10.6. The van der Waals surface area contributed by atoms with E-state index in [1.807, 2.05) is 12.1 Å². The number of nitrogens with zero attached hydrogens (tertiary/aromatic N) is 2. The number of carbonyl (C=O) groups excluding carboxylic acids is 1. The van der Waals surface area contributed by atoms with Crippen LogP contribution in [0.2, 0.25) is 0 Å². The molecule has 0 spiro atoms. The van der Waals surface area contributed by atoms with Gasteiger partial charge in [0.15, 0.2) is 0 Å². The van der Waals surface area contributed by atoms with Gasteiger partial charge in [0.25, 0.3) is 11.5 Å². The average Bonchev–Trinajstić information content (AvgIpc) is 2.55. The third-order valence-corrected chi connectivity index (χ3v) is 3.46. The van der Waals surface area contributed by atoms with Gasteiger partial charge in [-0.05, 0) is 43.3 Å². The molecular weight excluding hydrogens is 280 g/mol. The van der Waals surface area contributed by atoms with Crippen LogP contribution in [0.5, 0.6) is 0 Å². The molecule has 0 aliphatic rings. The Hall–Kier alpha value is -2.99. The Morgan fingerprint density at radius 2 is 1.82 bits per heavy atom. The molecule has 22 heavy (non-hydrogen) atoms. The first kappa shape index (κ1) is 14.0. The van der Waals surface area contributed by atoms with Crippen molar-refractivity contribution >= 4 is 16.8 Å². The molecule has 3 N–H and O–H groups in total. The Morgan fingerprint density at radius 1 is 1.14 bits per heavy atom. The number of nitrogen functional groups attached to an aromatic ring is 1. The largest absolute Gasteiger partial charge is 0.290 e. The van der Waals surface area contributed by atoms with Crippen molar-refractivity contribution in [3.05, 3.63) is 70.3 Å². The van der Waals surface area contributed by atoms with Gasteiger partial charge in [-0.15, -0.1) is 0 Å². The third kappa shape index (κ3) is 2.25. The number of aromatic nitrogens is 2. The Morgan fingerprint density at radius 3 is 2.50 bits per heavy atom. The fourth-order valence-corrected chi connectivity index (χ4v) is 2.39. The Bertz CT molecular complexity index is 914. The third-order valence-electron chi connectivity index (χ3n) is 3.46. The van der Waals surface area contributed by atoms with Crippen LogP contribution in [-0.2, 0) is 0 Å². The van der Waals surface area contributed by atoms with Crippen molar-refractivity contribution in [2.75, 3.05) is 0 Å². The summed E-state index contributed by atoms with van der Waals surface area (Å²) in [7, 11) is 0. The lowest BCUT2D eigenvalue weighted by molar-refractivity contribution is 0.0953. The van der Waals surface area contributed by atoms with E-state index in [4.69, 9.17) is 5.84 Å². The Labute approximate surface area is 126 Å². The Balaban J connectivity index is 2.18.